The standard InChI is InChI=1S/C13H13ClFN3O2.C7H16/c1-7-17-12(16)11(13(19)20-2)18(7)6-8-9(14)4-3-5-10(8)15;1-3-5-7-6-4-2/h3-5H,6,16H2,1-2H3;3-7H2,1-2H3. The zero-order valence-electron chi connectivity index (χ0n) is 16.5. The maximum atomic E-state index is 13.8. The predicted molar refractivity (Wildman–Crippen MR) is 108 cm³/mol. The molecule has 7 heteroatoms. The first kappa shape index (κ1) is 23.0. The summed E-state index contributed by atoms with van der Waals surface area (Å²) in [5.74, 6) is -0.570. The maximum Gasteiger partial charge on any atom is 0.358 e. The minimum absolute atomic E-state index is 0.0433. The summed E-state index contributed by atoms with van der Waals surface area (Å²) < 4.78 is 20.0. The van der Waals surface area contributed by atoms with E-state index >= 15 is 0 Å². The third kappa shape index (κ3) is 6.54. The highest BCUT2D eigenvalue weighted by molar-refractivity contribution is 6.31. The van der Waals surface area contributed by atoms with E-state index in [1.807, 2.05) is 0 Å². The van der Waals surface area contributed by atoms with E-state index in [-0.39, 0.29) is 28.6 Å². The van der Waals surface area contributed by atoms with Crippen LogP contribution in [0.2, 0.25) is 5.02 Å². The molecule has 2 aromatic rings. The number of carbonyl (C=O) groups excluding carboxylic acids is 1. The topological polar surface area (TPSA) is 70.1 Å². The third-order valence-corrected chi connectivity index (χ3v) is 4.50. The fourth-order valence-electron chi connectivity index (χ4n) is 2.61. The predicted octanol–water partition coefficient (Wildman–Crippen LogP) is 5.38. The van der Waals surface area contributed by atoms with E-state index in [0.717, 1.165) is 0 Å². The van der Waals surface area contributed by atoms with E-state index in [4.69, 9.17) is 17.3 Å². The molecule has 2 rings (SSSR count). The number of esters is 1. The van der Waals surface area contributed by atoms with Crippen LogP contribution in [-0.2, 0) is 11.3 Å². The molecule has 0 spiro atoms. The second-order valence-corrected chi connectivity index (χ2v) is 6.64. The van der Waals surface area contributed by atoms with Gasteiger partial charge in [-0.3, -0.25) is 0 Å². The molecule has 0 saturated heterocycles. The van der Waals surface area contributed by atoms with E-state index in [1.54, 1.807) is 13.0 Å². The summed E-state index contributed by atoms with van der Waals surface area (Å²) in [6, 6.07) is 4.39. The average Bonchev–Trinajstić information content (AvgIpc) is 2.92. The lowest BCUT2D eigenvalue weighted by Crippen LogP contribution is -2.15. The summed E-state index contributed by atoms with van der Waals surface area (Å²) in [6.07, 6.45) is 7.01. The van der Waals surface area contributed by atoms with Gasteiger partial charge in [0, 0.05) is 10.6 Å². The van der Waals surface area contributed by atoms with Gasteiger partial charge in [0.15, 0.2) is 11.5 Å². The smallest absolute Gasteiger partial charge is 0.358 e. The molecule has 0 amide bonds. The zero-order chi connectivity index (χ0) is 20.4. The van der Waals surface area contributed by atoms with Gasteiger partial charge in [-0.1, -0.05) is 63.6 Å². The molecule has 1 aromatic heterocycles. The molecule has 5 nitrogen and oxygen atoms in total. The molecule has 0 aliphatic carbocycles. The number of hydrogen-bond acceptors (Lipinski definition) is 4. The van der Waals surface area contributed by atoms with Crippen molar-refractivity contribution >= 4 is 23.4 Å². The lowest BCUT2D eigenvalue weighted by atomic mass is 10.2. The molecule has 0 unspecified atom stereocenters. The highest BCUT2D eigenvalue weighted by Crippen LogP contribution is 2.23. The van der Waals surface area contributed by atoms with Crippen molar-refractivity contribution in [2.45, 2.75) is 59.4 Å². The van der Waals surface area contributed by atoms with Gasteiger partial charge in [0.2, 0.25) is 0 Å². The van der Waals surface area contributed by atoms with Gasteiger partial charge in [-0.2, -0.15) is 0 Å². The Balaban J connectivity index is 0.000000445. The van der Waals surface area contributed by atoms with Crippen molar-refractivity contribution in [2.24, 2.45) is 0 Å². The number of carbonyl (C=O) groups is 1. The van der Waals surface area contributed by atoms with Crippen molar-refractivity contribution in [1.82, 2.24) is 9.55 Å². The fourth-order valence-corrected chi connectivity index (χ4v) is 2.83. The number of nitrogen functional groups attached to an aromatic ring is 1. The molecule has 0 aliphatic heterocycles. The van der Waals surface area contributed by atoms with Gasteiger partial charge < -0.3 is 15.0 Å². The number of rotatable bonds is 7. The van der Waals surface area contributed by atoms with Gasteiger partial charge in [0.1, 0.15) is 11.6 Å². The number of hydrogen-bond donors (Lipinski definition) is 1. The first-order valence-electron chi connectivity index (χ1n) is 9.21. The Hall–Kier alpha value is -2.08. The van der Waals surface area contributed by atoms with Gasteiger partial charge in [-0.05, 0) is 19.1 Å². The number of aromatic nitrogens is 2. The number of anilines is 1. The largest absolute Gasteiger partial charge is 0.464 e. The number of halogens is 2. The Labute approximate surface area is 165 Å². The molecule has 0 fully saturated rings. The third-order valence-electron chi connectivity index (χ3n) is 4.15. The molecule has 0 bridgehead atoms. The van der Waals surface area contributed by atoms with Crippen LogP contribution in [-0.4, -0.2) is 22.6 Å². The van der Waals surface area contributed by atoms with Crippen LogP contribution < -0.4 is 5.73 Å². The van der Waals surface area contributed by atoms with Crippen LogP contribution in [0.1, 0.15) is 67.8 Å². The highest BCUT2D eigenvalue weighted by Gasteiger charge is 2.21. The van der Waals surface area contributed by atoms with Crippen molar-refractivity contribution in [3.63, 3.8) is 0 Å². The summed E-state index contributed by atoms with van der Waals surface area (Å²) >= 11 is 5.98. The van der Waals surface area contributed by atoms with Gasteiger partial charge in [0.25, 0.3) is 0 Å². The molecular weight excluding hydrogens is 369 g/mol. The molecule has 0 saturated carbocycles. The Morgan fingerprint density at radius 1 is 1.26 bits per heavy atom. The number of ether oxygens (including phenoxy) is 1. The molecular formula is C20H29ClFN3O2. The van der Waals surface area contributed by atoms with Crippen molar-refractivity contribution in [2.75, 3.05) is 12.8 Å². The van der Waals surface area contributed by atoms with Crippen LogP contribution in [0.15, 0.2) is 18.2 Å². The summed E-state index contributed by atoms with van der Waals surface area (Å²) in [7, 11) is 1.24. The minimum Gasteiger partial charge on any atom is -0.464 e. The van der Waals surface area contributed by atoms with Crippen LogP contribution in [0.5, 0.6) is 0 Å². The fraction of sp³-hybridized carbons (Fsp3) is 0.500. The highest BCUT2D eigenvalue weighted by atomic mass is 35.5. The molecule has 150 valence electrons. The molecule has 1 aromatic carbocycles. The minimum atomic E-state index is -0.629. The number of aryl methyl sites for hydroxylation is 1. The van der Waals surface area contributed by atoms with Crippen molar-refractivity contribution in [3.05, 3.63) is 46.1 Å². The monoisotopic (exact) mass is 397 g/mol. The summed E-state index contributed by atoms with van der Waals surface area (Å²) in [5, 5.41) is 0.271. The molecule has 1 heterocycles. The van der Waals surface area contributed by atoms with Gasteiger partial charge in [0.05, 0.1) is 13.7 Å². The quantitative estimate of drug-likeness (QED) is 0.503. The SMILES string of the molecule is CCCCCCC.COC(=O)c1c(N)nc(C)n1Cc1c(F)cccc1Cl. The van der Waals surface area contributed by atoms with E-state index in [2.05, 4.69) is 23.6 Å². The number of unbranched alkanes of at least 4 members (excludes halogenated alkanes) is 4. The number of nitrogens with zero attached hydrogens (tertiary/aromatic N) is 2. The molecule has 0 aliphatic rings. The first-order valence-corrected chi connectivity index (χ1v) is 9.58. The van der Waals surface area contributed by atoms with Gasteiger partial charge in [-0.25, -0.2) is 14.2 Å². The van der Waals surface area contributed by atoms with Gasteiger partial charge in [-0.15, -0.1) is 0 Å². The van der Waals surface area contributed by atoms with Crippen molar-refractivity contribution < 1.29 is 13.9 Å². The lowest BCUT2D eigenvalue weighted by Gasteiger charge is -2.11. The summed E-state index contributed by atoms with van der Waals surface area (Å²) in [5.41, 5.74) is 6.04. The normalized spacial score (nSPS) is 10.3. The maximum absolute atomic E-state index is 13.8. The van der Waals surface area contributed by atoms with Crippen LogP contribution >= 0.6 is 11.6 Å². The average molecular weight is 398 g/mol. The molecule has 0 radical (unpaired) electrons. The van der Waals surface area contributed by atoms with Crippen LogP contribution in [0.4, 0.5) is 10.2 Å². The van der Waals surface area contributed by atoms with Gasteiger partial charge >= 0.3 is 5.97 Å². The van der Waals surface area contributed by atoms with Crippen LogP contribution in [0.3, 0.4) is 0 Å². The summed E-state index contributed by atoms with van der Waals surface area (Å²) in [6.45, 7) is 6.20. The molecule has 27 heavy (non-hydrogen) atoms. The summed E-state index contributed by atoms with van der Waals surface area (Å²) in [4.78, 5) is 15.7. The number of benzene rings is 1. The Morgan fingerprint density at radius 3 is 2.41 bits per heavy atom. The Bertz CT molecular complexity index is 723. The second-order valence-electron chi connectivity index (χ2n) is 6.23. The zero-order valence-corrected chi connectivity index (χ0v) is 17.3. The van der Waals surface area contributed by atoms with Crippen LogP contribution in [0.25, 0.3) is 0 Å². The number of methoxy groups -OCH3 is 1. The van der Waals surface area contributed by atoms with E-state index < -0.39 is 11.8 Å². The van der Waals surface area contributed by atoms with E-state index in [1.165, 1.54) is 55.9 Å². The van der Waals surface area contributed by atoms with E-state index in [9.17, 15) is 9.18 Å². The Kier molecular flexibility index (Phi) is 9.86. The number of imidazole rings is 1. The first-order chi connectivity index (χ1) is 12.9. The van der Waals surface area contributed by atoms with Crippen molar-refractivity contribution in [3.8, 4) is 0 Å². The Morgan fingerprint density at radius 2 is 1.89 bits per heavy atom. The number of nitrogens with two attached hydrogens (primary N) is 1. The van der Waals surface area contributed by atoms with Crippen molar-refractivity contribution in [1.29, 1.82) is 0 Å². The van der Waals surface area contributed by atoms with E-state index in [0.29, 0.717) is 5.82 Å². The molecule has 0 atom stereocenters. The molecule has 2 N–H and O–H groups in total. The van der Waals surface area contributed by atoms with Crippen LogP contribution in [0, 0.1) is 12.7 Å². The second kappa shape index (κ2) is 11.6. The lowest BCUT2D eigenvalue weighted by molar-refractivity contribution is 0.0590.